The molecule has 7 nitrogen and oxygen atoms in total. The maximum Gasteiger partial charge on any atom is 0.240 e. The standard InChI is InChI=1S/C12H18N6OS/c1-3-12(2)4-6-7(5-19-12)20-10-8(6)9(17-13)15-11(16-10)18-14/h3-5,13-14H2,1-2H3,(H2,15,16,17,18)/t12-/m0/s1. The van der Waals surface area contributed by atoms with E-state index in [2.05, 4.69) is 34.7 Å². The monoisotopic (exact) mass is 294 g/mol. The van der Waals surface area contributed by atoms with Gasteiger partial charge in [-0.15, -0.1) is 11.3 Å². The van der Waals surface area contributed by atoms with Crippen molar-refractivity contribution >= 4 is 33.3 Å². The molecule has 0 amide bonds. The van der Waals surface area contributed by atoms with Crippen molar-refractivity contribution in [2.24, 2.45) is 11.7 Å². The summed E-state index contributed by atoms with van der Waals surface area (Å²) in [7, 11) is 0. The molecular formula is C12H18N6OS. The van der Waals surface area contributed by atoms with Crippen LogP contribution in [0.4, 0.5) is 11.8 Å². The third kappa shape index (κ3) is 2.01. The molecule has 20 heavy (non-hydrogen) atoms. The quantitative estimate of drug-likeness (QED) is 0.501. The fourth-order valence-corrected chi connectivity index (χ4v) is 3.57. The maximum absolute atomic E-state index is 5.97. The number of thiophene rings is 1. The first-order valence-electron chi connectivity index (χ1n) is 6.49. The summed E-state index contributed by atoms with van der Waals surface area (Å²) in [5, 5.41) is 0.981. The van der Waals surface area contributed by atoms with Gasteiger partial charge in [0, 0.05) is 11.3 Å². The molecule has 0 fully saturated rings. The lowest BCUT2D eigenvalue weighted by molar-refractivity contribution is -0.0542. The van der Waals surface area contributed by atoms with Crippen LogP contribution in [0.15, 0.2) is 0 Å². The van der Waals surface area contributed by atoms with Crippen LogP contribution in [0.1, 0.15) is 30.7 Å². The van der Waals surface area contributed by atoms with Gasteiger partial charge in [-0.25, -0.2) is 16.7 Å². The van der Waals surface area contributed by atoms with Gasteiger partial charge in [-0.3, -0.25) is 5.43 Å². The van der Waals surface area contributed by atoms with Gasteiger partial charge in [-0.1, -0.05) is 6.92 Å². The van der Waals surface area contributed by atoms with E-state index in [1.807, 2.05) is 0 Å². The van der Waals surface area contributed by atoms with Crippen LogP contribution >= 0.6 is 11.3 Å². The fourth-order valence-electron chi connectivity index (χ4n) is 2.47. The molecule has 0 bridgehead atoms. The van der Waals surface area contributed by atoms with Gasteiger partial charge >= 0.3 is 0 Å². The molecule has 1 atom stereocenters. The SMILES string of the molecule is CC[C@@]1(C)Cc2c(sc3nc(NN)nc(NN)c23)CO1. The van der Waals surface area contributed by atoms with E-state index in [9.17, 15) is 0 Å². The molecule has 0 aromatic carbocycles. The molecule has 0 aliphatic carbocycles. The summed E-state index contributed by atoms with van der Waals surface area (Å²) in [5.74, 6) is 11.9. The van der Waals surface area contributed by atoms with Crippen LogP contribution < -0.4 is 22.5 Å². The number of ether oxygens (including phenoxy) is 1. The molecule has 3 rings (SSSR count). The molecule has 0 saturated carbocycles. The molecule has 0 radical (unpaired) electrons. The van der Waals surface area contributed by atoms with E-state index in [1.54, 1.807) is 11.3 Å². The number of nitrogens with zero attached hydrogens (tertiary/aromatic N) is 2. The predicted molar refractivity (Wildman–Crippen MR) is 80.2 cm³/mol. The number of nitrogens with two attached hydrogens (primary N) is 2. The minimum Gasteiger partial charge on any atom is -0.369 e. The van der Waals surface area contributed by atoms with Crippen LogP contribution in [0.5, 0.6) is 0 Å². The average molecular weight is 294 g/mol. The summed E-state index contributed by atoms with van der Waals surface area (Å²) in [6.07, 6.45) is 1.80. The smallest absolute Gasteiger partial charge is 0.240 e. The van der Waals surface area contributed by atoms with Gasteiger partial charge in [-0.05, 0) is 18.9 Å². The van der Waals surface area contributed by atoms with Gasteiger partial charge in [0.15, 0.2) is 5.82 Å². The van der Waals surface area contributed by atoms with Crippen molar-refractivity contribution in [2.75, 3.05) is 10.9 Å². The summed E-state index contributed by atoms with van der Waals surface area (Å²) < 4.78 is 5.97. The second-order valence-corrected chi connectivity index (χ2v) is 6.22. The minimum atomic E-state index is -0.141. The normalized spacial score (nSPS) is 21.8. The van der Waals surface area contributed by atoms with Crippen molar-refractivity contribution in [2.45, 2.75) is 38.9 Å². The molecule has 8 heteroatoms. The summed E-state index contributed by atoms with van der Waals surface area (Å²) in [6, 6.07) is 0. The van der Waals surface area contributed by atoms with E-state index in [0.717, 1.165) is 23.1 Å². The molecular weight excluding hydrogens is 276 g/mol. The number of hydrazine groups is 2. The second kappa shape index (κ2) is 4.81. The number of aromatic nitrogens is 2. The van der Waals surface area contributed by atoms with E-state index in [-0.39, 0.29) is 5.60 Å². The number of rotatable bonds is 3. The Bertz CT molecular complexity index is 657. The molecule has 6 N–H and O–H groups in total. The van der Waals surface area contributed by atoms with Crippen LogP contribution in [-0.4, -0.2) is 15.6 Å². The summed E-state index contributed by atoms with van der Waals surface area (Å²) >= 11 is 1.60. The third-order valence-corrected chi connectivity index (χ3v) is 4.95. The lowest BCUT2D eigenvalue weighted by Crippen LogP contribution is -2.34. The molecule has 2 aromatic rings. The zero-order valence-electron chi connectivity index (χ0n) is 11.5. The number of anilines is 2. The van der Waals surface area contributed by atoms with Crippen LogP contribution in [0.2, 0.25) is 0 Å². The Morgan fingerprint density at radius 1 is 1.35 bits per heavy atom. The van der Waals surface area contributed by atoms with Gasteiger partial charge in [0.25, 0.3) is 0 Å². The minimum absolute atomic E-state index is 0.141. The van der Waals surface area contributed by atoms with Crippen LogP contribution in [-0.2, 0) is 17.8 Å². The molecule has 3 heterocycles. The van der Waals surface area contributed by atoms with Gasteiger partial charge in [0.05, 0.1) is 17.6 Å². The highest BCUT2D eigenvalue weighted by Crippen LogP contribution is 2.41. The van der Waals surface area contributed by atoms with Crippen molar-refractivity contribution in [3.63, 3.8) is 0 Å². The van der Waals surface area contributed by atoms with Crippen molar-refractivity contribution < 1.29 is 4.74 Å². The first kappa shape index (κ1) is 13.5. The highest BCUT2D eigenvalue weighted by Gasteiger charge is 2.33. The van der Waals surface area contributed by atoms with E-state index in [1.165, 1.54) is 10.4 Å². The Balaban J connectivity index is 2.20. The summed E-state index contributed by atoms with van der Waals surface area (Å²) in [4.78, 5) is 10.7. The van der Waals surface area contributed by atoms with Gasteiger partial charge < -0.3 is 10.2 Å². The third-order valence-electron chi connectivity index (χ3n) is 3.85. The Labute approximate surface area is 120 Å². The second-order valence-electron chi connectivity index (χ2n) is 5.14. The molecule has 108 valence electrons. The molecule has 0 spiro atoms. The molecule has 1 aliphatic rings. The first-order chi connectivity index (χ1) is 9.60. The van der Waals surface area contributed by atoms with Crippen molar-refractivity contribution in [3.05, 3.63) is 10.4 Å². The van der Waals surface area contributed by atoms with E-state index in [4.69, 9.17) is 16.4 Å². The molecule has 0 saturated heterocycles. The Hall–Kier alpha value is -1.48. The Morgan fingerprint density at radius 3 is 2.80 bits per heavy atom. The highest BCUT2D eigenvalue weighted by molar-refractivity contribution is 7.19. The van der Waals surface area contributed by atoms with Gasteiger partial charge in [0.1, 0.15) is 4.83 Å². The maximum atomic E-state index is 5.97. The predicted octanol–water partition coefficient (Wildman–Crippen LogP) is 1.50. The highest BCUT2D eigenvalue weighted by atomic mass is 32.1. The number of fused-ring (bicyclic) bond motifs is 3. The van der Waals surface area contributed by atoms with Crippen LogP contribution in [0.25, 0.3) is 10.2 Å². The number of nitrogen functional groups attached to an aromatic ring is 2. The van der Waals surface area contributed by atoms with Gasteiger partial charge in [0.2, 0.25) is 5.95 Å². The van der Waals surface area contributed by atoms with E-state index < -0.39 is 0 Å². The summed E-state index contributed by atoms with van der Waals surface area (Å²) in [5.41, 5.74) is 6.20. The average Bonchev–Trinajstić information content (AvgIpc) is 2.83. The Kier molecular flexibility index (Phi) is 3.25. The zero-order chi connectivity index (χ0) is 14.3. The van der Waals surface area contributed by atoms with Crippen LogP contribution in [0.3, 0.4) is 0 Å². The summed E-state index contributed by atoms with van der Waals surface area (Å²) in [6.45, 7) is 4.87. The first-order valence-corrected chi connectivity index (χ1v) is 7.31. The lowest BCUT2D eigenvalue weighted by Gasteiger charge is -2.33. The number of hydrogen-bond donors (Lipinski definition) is 4. The Morgan fingerprint density at radius 2 is 2.15 bits per heavy atom. The largest absolute Gasteiger partial charge is 0.369 e. The molecule has 1 aliphatic heterocycles. The topological polar surface area (TPSA) is 111 Å². The lowest BCUT2D eigenvalue weighted by atomic mass is 9.90. The number of hydrogen-bond acceptors (Lipinski definition) is 8. The molecule has 0 unspecified atom stereocenters. The van der Waals surface area contributed by atoms with Crippen molar-refractivity contribution in [1.29, 1.82) is 0 Å². The van der Waals surface area contributed by atoms with E-state index >= 15 is 0 Å². The zero-order valence-corrected chi connectivity index (χ0v) is 12.3. The van der Waals surface area contributed by atoms with E-state index in [0.29, 0.717) is 18.4 Å². The molecule has 2 aromatic heterocycles. The van der Waals surface area contributed by atoms with Crippen molar-refractivity contribution in [1.82, 2.24) is 9.97 Å². The fraction of sp³-hybridized carbons (Fsp3) is 0.500. The number of nitrogens with one attached hydrogen (secondary N) is 2. The van der Waals surface area contributed by atoms with Crippen molar-refractivity contribution in [3.8, 4) is 0 Å². The van der Waals surface area contributed by atoms with Gasteiger partial charge in [-0.2, -0.15) is 4.98 Å². The van der Waals surface area contributed by atoms with Crippen LogP contribution in [0, 0.1) is 0 Å².